The summed E-state index contributed by atoms with van der Waals surface area (Å²) in [6, 6.07) is 10.7. The van der Waals surface area contributed by atoms with Gasteiger partial charge in [-0.15, -0.1) is 0 Å². The van der Waals surface area contributed by atoms with Crippen LogP contribution in [0.4, 0.5) is 0 Å². The van der Waals surface area contributed by atoms with Crippen LogP contribution < -0.4 is 4.74 Å². The second-order valence-corrected chi connectivity index (χ2v) is 7.96. The van der Waals surface area contributed by atoms with Crippen molar-refractivity contribution in [3.05, 3.63) is 58.7 Å². The Hall–Kier alpha value is -2.51. The van der Waals surface area contributed by atoms with Crippen molar-refractivity contribution in [2.24, 2.45) is 0 Å². The van der Waals surface area contributed by atoms with Gasteiger partial charge in [0.25, 0.3) is 10.0 Å². The molecule has 136 valence electrons. The van der Waals surface area contributed by atoms with Crippen LogP contribution >= 0.6 is 11.6 Å². The molecule has 0 aliphatic heterocycles. The van der Waals surface area contributed by atoms with Crippen LogP contribution in [-0.2, 0) is 21.2 Å². The second-order valence-electron chi connectivity index (χ2n) is 5.74. The number of rotatable bonds is 5. The third-order valence-electron chi connectivity index (χ3n) is 4.17. The predicted octanol–water partition coefficient (Wildman–Crippen LogP) is 3.48. The minimum absolute atomic E-state index is 0.0691. The molecule has 1 N–H and O–H groups in total. The quantitative estimate of drug-likeness (QED) is 0.717. The summed E-state index contributed by atoms with van der Waals surface area (Å²) in [6.45, 7) is 1.60. The summed E-state index contributed by atoms with van der Waals surface area (Å²) in [7, 11) is -2.43. The fourth-order valence-electron chi connectivity index (χ4n) is 2.96. The van der Waals surface area contributed by atoms with E-state index < -0.39 is 16.0 Å². The predicted molar refractivity (Wildman–Crippen MR) is 98.6 cm³/mol. The first-order valence-corrected chi connectivity index (χ1v) is 9.48. The molecule has 26 heavy (non-hydrogen) atoms. The summed E-state index contributed by atoms with van der Waals surface area (Å²) in [6.07, 6.45) is -0.293. The molecule has 0 atom stereocenters. The van der Waals surface area contributed by atoms with Crippen molar-refractivity contribution >= 4 is 38.5 Å². The number of carbonyl (C=O) groups is 1. The minimum atomic E-state index is -3.92. The van der Waals surface area contributed by atoms with E-state index in [0.717, 1.165) is 0 Å². The number of carboxylic acids is 1. The van der Waals surface area contributed by atoms with Crippen molar-refractivity contribution in [2.75, 3.05) is 7.11 Å². The first-order chi connectivity index (χ1) is 12.3. The Kier molecular flexibility index (Phi) is 4.68. The SMILES string of the molecule is COc1ccc2c(c1)c(CC(=O)O)c(C)n2S(=O)(=O)c1ccc(Cl)cc1. The van der Waals surface area contributed by atoms with E-state index in [1.165, 1.54) is 35.3 Å². The van der Waals surface area contributed by atoms with E-state index in [0.29, 0.717) is 32.9 Å². The normalized spacial score (nSPS) is 11.7. The molecule has 0 unspecified atom stereocenters. The van der Waals surface area contributed by atoms with E-state index in [2.05, 4.69) is 0 Å². The minimum Gasteiger partial charge on any atom is -0.497 e. The molecule has 2 aromatic carbocycles. The molecule has 0 amide bonds. The average molecular weight is 394 g/mol. The van der Waals surface area contributed by atoms with Gasteiger partial charge in [0.15, 0.2) is 0 Å². The van der Waals surface area contributed by atoms with Crippen molar-refractivity contribution in [3.8, 4) is 5.75 Å². The van der Waals surface area contributed by atoms with Gasteiger partial charge in [0.1, 0.15) is 5.75 Å². The average Bonchev–Trinajstić information content (AvgIpc) is 2.86. The van der Waals surface area contributed by atoms with Gasteiger partial charge in [-0.2, -0.15) is 0 Å². The number of aromatic nitrogens is 1. The topological polar surface area (TPSA) is 85.6 Å². The fraction of sp³-hybridized carbons (Fsp3) is 0.167. The third kappa shape index (κ3) is 3.04. The van der Waals surface area contributed by atoms with E-state index >= 15 is 0 Å². The van der Waals surface area contributed by atoms with Gasteiger partial charge >= 0.3 is 5.97 Å². The maximum absolute atomic E-state index is 13.2. The zero-order valence-corrected chi connectivity index (χ0v) is 15.6. The smallest absolute Gasteiger partial charge is 0.307 e. The molecule has 0 radical (unpaired) electrons. The van der Waals surface area contributed by atoms with Crippen LogP contribution in [0.15, 0.2) is 47.4 Å². The lowest BCUT2D eigenvalue weighted by Gasteiger charge is -2.10. The Morgan fingerprint density at radius 1 is 1.19 bits per heavy atom. The lowest BCUT2D eigenvalue weighted by Crippen LogP contribution is -2.15. The summed E-state index contributed by atoms with van der Waals surface area (Å²) in [5, 5.41) is 10.2. The van der Waals surface area contributed by atoms with Crippen molar-refractivity contribution in [2.45, 2.75) is 18.2 Å². The molecule has 0 fully saturated rings. The molecular formula is C18H16ClNO5S. The lowest BCUT2D eigenvalue weighted by molar-refractivity contribution is -0.136. The van der Waals surface area contributed by atoms with Crippen molar-refractivity contribution in [1.29, 1.82) is 0 Å². The van der Waals surface area contributed by atoms with E-state index in [1.54, 1.807) is 25.1 Å². The molecule has 0 saturated carbocycles. The summed E-state index contributed by atoms with van der Waals surface area (Å²) in [5.41, 5.74) is 1.18. The van der Waals surface area contributed by atoms with E-state index in [4.69, 9.17) is 16.3 Å². The first kappa shape index (κ1) is 18.3. The van der Waals surface area contributed by atoms with Crippen LogP contribution in [0.25, 0.3) is 10.9 Å². The number of hydrogen-bond donors (Lipinski definition) is 1. The molecule has 0 saturated heterocycles. The number of aliphatic carboxylic acids is 1. The van der Waals surface area contributed by atoms with E-state index in [-0.39, 0.29) is 11.3 Å². The maximum Gasteiger partial charge on any atom is 0.307 e. The summed E-state index contributed by atoms with van der Waals surface area (Å²) in [4.78, 5) is 11.3. The van der Waals surface area contributed by atoms with Crippen LogP contribution in [-0.4, -0.2) is 30.6 Å². The molecular weight excluding hydrogens is 378 g/mol. The standard InChI is InChI=1S/C18H16ClNO5S/c1-11-15(10-18(21)22)16-9-13(25-2)5-8-17(16)20(11)26(23,24)14-6-3-12(19)4-7-14/h3-9H,10H2,1-2H3,(H,21,22). The molecule has 8 heteroatoms. The number of methoxy groups -OCH3 is 1. The summed E-state index contributed by atoms with van der Waals surface area (Å²) >= 11 is 5.85. The number of nitrogens with zero attached hydrogens (tertiary/aromatic N) is 1. The molecule has 0 aliphatic rings. The maximum atomic E-state index is 13.2. The zero-order valence-electron chi connectivity index (χ0n) is 14.1. The highest BCUT2D eigenvalue weighted by molar-refractivity contribution is 7.90. The highest BCUT2D eigenvalue weighted by Crippen LogP contribution is 2.33. The number of hydrogen-bond acceptors (Lipinski definition) is 4. The van der Waals surface area contributed by atoms with Gasteiger partial charge in [-0.25, -0.2) is 12.4 Å². The molecule has 3 aromatic rings. The van der Waals surface area contributed by atoms with Crippen LogP contribution in [0.1, 0.15) is 11.3 Å². The number of ether oxygens (including phenoxy) is 1. The Morgan fingerprint density at radius 2 is 1.85 bits per heavy atom. The van der Waals surface area contributed by atoms with Gasteiger partial charge in [-0.1, -0.05) is 11.6 Å². The number of benzene rings is 2. The van der Waals surface area contributed by atoms with Crippen LogP contribution in [0.2, 0.25) is 5.02 Å². The fourth-order valence-corrected chi connectivity index (χ4v) is 4.66. The molecule has 3 rings (SSSR count). The second kappa shape index (κ2) is 6.66. The molecule has 0 spiro atoms. The van der Waals surface area contributed by atoms with E-state index in [9.17, 15) is 18.3 Å². The Bertz CT molecular complexity index is 1100. The number of carboxylic acid groups (broad SMARTS) is 1. The van der Waals surface area contributed by atoms with Gasteiger partial charge < -0.3 is 9.84 Å². The van der Waals surface area contributed by atoms with Gasteiger partial charge in [0.2, 0.25) is 0 Å². The third-order valence-corrected chi connectivity index (χ3v) is 6.24. The summed E-state index contributed by atoms with van der Waals surface area (Å²) in [5.74, 6) is -0.524. The van der Waals surface area contributed by atoms with Crippen molar-refractivity contribution in [1.82, 2.24) is 3.97 Å². The Labute approximate surface area is 155 Å². The van der Waals surface area contributed by atoms with Crippen LogP contribution in [0.3, 0.4) is 0 Å². The van der Waals surface area contributed by atoms with Gasteiger partial charge in [0, 0.05) is 16.1 Å². The van der Waals surface area contributed by atoms with E-state index in [1.807, 2.05) is 0 Å². The highest BCUT2D eigenvalue weighted by Gasteiger charge is 2.26. The summed E-state index contributed by atoms with van der Waals surface area (Å²) < 4.78 is 32.7. The van der Waals surface area contributed by atoms with Crippen molar-refractivity contribution < 1.29 is 23.1 Å². The van der Waals surface area contributed by atoms with Gasteiger partial charge in [-0.05, 0) is 55.0 Å². The molecule has 1 aromatic heterocycles. The molecule has 1 heterocycles. The Balaban J connectivity index is 2.33. The van der Waals surface area contributed by atoms with Crippen molar-refractivity contribution in [3.63, 3.8) is 0 Å². The zero-order chi connectivity index (χ0) is 19.1. The molecule has 6 nitrogen and oxygen atoms in total. The van der Waals surface area contributed by atoms with Crippen LogP contribution in [0.5, 0.6) is 5.75 Å². The Morgan fingerprint density at radius 3 is 2.42 bits per heavy atom. The van der Waals surface area contributed by atoms with Gasteiger partial charge in [-0.3, -0.25) is 4.79 Å². The highest BCUT2D eigenvalue weighted by atomic mass is 35.5. The molecule has 0 bridgehead atoms. The lowest BCUT2D eigenvalue weighted by atomic mass is 10.1. The number of halogens is 1. The first-order valence-electron chi connectivity index (χ1n) is 7.66. The van der Waals surface area contributed by atoms with Crippen LogP contribution in [0, 0.1) is 6.92 Å². The molecule has 0 aliphatic carbocycles. The van der Waals surface area contributed by atoms with Gasteiger partial charge in [0.05, 0.1) is 23.9 Å². The monoisotopic (exact) mass is 393 g/mol. The largest absolute Gasteiger partial charge is 0.497 e. The number of fused-ring (bicyclic) bond motifs is 1.